The van der Waals surface area contributed by atoms with Crippen LogP contribution in [-0.2, 0) is 0 Å². The van der Waals surface area contributed by atoms with Gasteiger partial charge in [0.2, 0.25) is 0 Å². The molecule has 86 valence electrons. The molecule has 0 bridgehead atoms. The zero-order valence-corrected chi connectivity index (χ0v) is 10.4. The second kappa shape index (κ2) is 5.02. The van der Waals surface area contributed by atoms with E-state index in [1.807, 2.05) is 30.5 Å². The van der Waals surface area contributed by atoms with Gasteiger partial charge >= 0.3 is 0 Å². The summed E-state index contributed by atoms with van der Waals surface area (Å²) in [5.74, 6) is 0.782. The molecule has 0 saturated heterocycles. The molecule has 1 aromatic carbocycles. The number of ether oxygens (including phenoxy) is 1. The van der Waals surface area contributed by atoms with Gasteiger partial charge in [-0.15, -0.1) is 11.8 Å². The Bertz CT molecular complexity index is 514. The quantitative estimate of drug-likeness (QED) is 0.822. The summed E-state index contributed by atoms with van der Waals surface area (Å²) in [6, 6.07) is 9.64. The summed E-state index contributed by atoms with van der Waals surface area (Å²) >= 11 is 1.51. The van der Waals surface area contributed by atoms with Crippen molar-refractivity contribution in [2.75, 3.05) is 13.4 Å². The van der Waals surface area contributed by atoms with Crippen LogP contribution in [0.25, 0.3) is 5.70 Å². The van der Waals surface area contributed by atoms with Crippen LogP contribution in [0, 0.1) is 11.3 Å². The number of methoxy groups -OCH3 is 1. The maximum absolute atomic E-state index is 9.13. The number of hydrogen-bond donors (Lipinski definition) is 0. The maximum atomic E-state index is 9.13. The summed E-state index contributed by atoms with van der Waals surface area (Å²) in [4.78, 5) is 0. The molecule has 0 fully saturated rings. The smallest absolute Gasteiger partial charge is 0.153 e. The van der Waals surface area contributed by atoms with Crippen molar-refractivity contribution in [2.24, 2.45) is 10.2 Å². The number of rotatable bonds is 3. The Hall–Kier alpha value is -1.80. The molecule has 1 aromatic rings. The lowest BCUT2D eigenvalue weighted by molar-refractivity contribution is 0.415. The minimum atomic E-state index is -0.169. The molecule has 17 heavy (non-hydrogen) atoms. The van der Waals surface area contributed by atoms with E-state index < -0.39 is 0 Å². The van der Waals surface area contributed by atoms with Gasteiger partial charge in [0.1, 0.15) is 17.5 Å². The predicted octanol–water partition coefficient (Wildman–Crippen LogP) is 3.08. The van der Waals surface area contributed by atoms with E-state index in [9.17, 15) is 0 Å². The first kappa shape index (κ1) is 11.7. The van der Waals surface area contributed by atoms with Crippen molar-refractivity contribution in [2.45, 2.75) is 5.37 Å². The highest BCUT2D eigenvalue weighted by molar-refractivity contribution is 7.99. The molecular weight excluding hydrogens is 234 g/mol. The lowest BCUT2D eigenvalue weighted by atomic mass is 10.1. The Morgan fingerprint density at radius 3 is 2.59 bits per heavy atom. The Kier molecular flexibility index (Phi) is 3.45. The Morgan fingerprint density at radius 2 is 2.06 bits per heavy atom. The van der Waals surface area contributed by atoms with Gasteiger partial charge in [0, 0.05) is 5.56 Å². The van der Waals surface area contributed by atoms with Crippen LogP contribution in [0.3, 0.4) is 0 Å². The topological polar surface area (TPSA) is 57.7 Å². The first-order chi connectivity index (χ1) is 8.30. The van der Waals surface area contributed by atoms with E-state index in [1.165, 1.54) is 11.8 Å². The molecule has 1 aliphatic rings. The fraction of sp³-hybridized carbons (Fsp3) is 0.250. The lowest BCUT2D eigenvalue weighted by Gasteiger charge is -2.03. The van der Waals surface area contributed by atoms with Crippen molar-refractivity contribution in [1.82, 2.24) is 0 Å². The minimum Gasteiger partial charge on any atom is -0.497 e. The van der Waals surface area contributed by atoms with Gasteiger partial charge in [-0.3, -0.25) is 0 Å². The number of benzene rings is 1. The molecule has 1 aliphatic heterocycles. The van der Waals surface area contributed by atoms with E-state index >= 15 is 0 Å². The molecule has 0 saturated carbocycles. The molecule has 5 heteroatoms. The standard InChI is InChI=1S/C12H11N3OS/c1-16-9-5-3-8(4-6-9)11-10(7-13)12(17-2)15-14-11/h3-6,12H,1-2H3. The van der Waals surface area contributed by atoms with Crippen molar-refractivity contribution in [3.05, 3.63) is 35.4 Å². The number of hydrogen-bond acceptors (Lipinski definition) is 5. The molecule has 0 spiro atoms. The molecule has 1 unspecified atom stereocenters. The van der Waals surface area contributed by atoms with Crippen LogP contribution in [-0.4, -0.2) is 18.7 Å². The minimum absolute atomic E-state index is 0.169. The highest BCUT2D eigenvalue weighted by Crippen LogP contribution is 2.34. The van der Waals surface area contributed by atoms with Crippen LogP contribution in [0.4, 0.5) is 0 Å². The van der Waals surface area contributed by atoms with Gasteiger partial charge in [0.15, 0.2) is 5.37 Å². The van der Waals surface area contributed by atoms with Crippen LogP contribution in [0.1, 0.15) is 5.56 Å². The van der Waals surface area contributed by atoms with Crippen LogP contribution >= 0.6 is 11.8 Å². The summed E-state index contributed by atoms with van der Waals surface area (Å²) in [5, 5.41) is 17.1. The van der Waals surface area contributed by atoms with Gasteiger partial charge in [-0.05, 0) is 30.5 Å². The first-order valence-electron chi connectivity index (χ1n) is 5.02. The van der Waals surface area contributed by atoms with E-state index in [-0.39, 0.29) is 5.37 Å². The second-order valence-electron chi connectivity index (χ2n) is 3.41. The third-order valence-electron chi connectivity index (χ3n) is 2.47. The zero-order chi connectivity index (χ0) is 12.3. The lowest BCUT2D eigenvalue weighted by Crippen LogP contribution is -1.97. The summed E-state index contributed by atoms with van der Waals surface area (Å²) in [5.41, 5.74) is 2.17. The van der Waals surface area contributed by atoms with Crippen LogP contribution in [0.2, 0.25) is 0 Å². The number of nitrogens with zero attached hydrogens (tertiary/aromatic N) is 3. The molecule has 1 heterocycles. The number of azo groups is 1. The van der Waals surface area contributed by atoms with Gasteiger partial charge in [0.05, 0.1) is 12.7 Å². The van der Waals surface area contributed by atoms with E-state index in [2.05, 4.69) is 16.3 Å². The van der Waals surface area contributed by atoms with E-state index in [4.69, 9.17) is 10.00 Å². The molecule has 0 aliphatic carbocycles. The fourth-order valence-corrected chi connectivity index (χ4v) is 2.12. The summed E-state index contributed by atoms with van der Waals surface area (Å²) in [7, 11) is 1.62. The van der Waals surface area contributed by atoms with E-state index in [0.717, 1.165) is 11.3 Å². The largest absolute Gasteiger partial charge is 0.497 e. The predicted molar refractivity (Wildman–Crippen MR) is 67.7 cm³/mol. The fourth-order valence-electron chi connectivity index (χ4n) is 1.57. The summed E-state index contributed by atoms with van der Waals surface area (Å²) < 4.78 is 5.09. The maximum Gasteiger partial charge on any atom is 0.153 e. The SMILES string of the molecule is COc1ccc(C2=C(C#N)C(SC)N=N2)cc1. The average Bonchev–Trinajstić information content (AvgIpc) is 2.81. The third-order valence-corrected chi connectivity index (χ3v) is 3.25. The molecule has 4 nitrogen and oxygen atoms in total. The van der Waals surface area contributed by atoms with Gasteiger partial charge < -0.3 is 4.74 Å². The van der Waals surface area contributed by atoms with Crippen molar-refractivity contribution in [3.8, 4) is 11.8 Å². The average molecular weight is 245 g/mol. The Labute approximate surface area is 104 Å². The summed E-state index contributed by atoms with van der Waals surface area (Å²) in [6.07, 6.45) is 1.91. The molecule has 1 atom stereocenters. The van der Waals surface area contributed by atoms with E-state index in [0.29, 0.717) is 11.3 Å². The molecule has 2 rings (SSSR count). The molecule has 0 amide bonds. The van der Waals surface area contributed by atoms with Crippen LogP contribution < -0.4 is 4.74 Å². The molecule has 0 radical (unpaired) electrons. The van der Waals surface area contributed by atoms with Gasteiger partial charge in [-0.25, -0.2) is 0 Å². The molecule has 0 N–H and O–H groups in total. The number of nitriles is 1. The third kappa shape index (κ3) is 2.17. The highest BCUT2D eigenvalue weighted by Gasteiger charge is 2.23. The van der Waals surface area contributed by atoms with Crippen molar-refractivity contribution in [3.63, 3.8) is 0 Å². The van der Waals surface area contributed by atoms with Gasteiger partial charge in [-0.1, -0.05) is 0 Å². The monoisotopic (exact) mass is 245 g/mol. The van der Waals surface area contributed by atoms with Crippen molar-refractivity contribution >= 4 is 17.5 Å². The number of thioether (sulfide) groups is 1. The van der Waals surface area contributed by atoms with E-state index in [1.54, 1.807) is 7.11 Å². The zero-order valence-electron chi connectivity index (χ0n) is 9.54. The highest BCUT2D eigenvalue weighted by atomic mass is 32.2. The summed E-state index contributed by atoms with van der Waals surface area (Å²) in [6.45, 7) is 0. The van der Waals surface area contributed by atoms with Gasteiger partial charge in [0.25, 0.3) is 0 Å². The molecule has 0 aromatic heterocycles. The van der Waals surface area contributed by atoms with Crippen LogP contribution in [0.5, 0.6) is 5.75 Å². The normalized spacial score (nSPS) is 18.3. The van der Waals surface area contributed by atoms with Gasteiger partial charge in [-0.2, -0.15) is 15.5 Å². The van der Waals surface area contributed by atoms with Crippen molar-refractivity contribution in [1.29, 1.82) is 5.26 Å². The Morgan fingerprint density at radius 1 is 1.35 bits per heavy atom. The molecular formula is C12H11N3OS. The first-order valence-corrected chi connectivity index (χ1v) is 6.31. The van der Waals surface area contributed by atoms with Crippen molar-refractivity contribution < 1.29 is 4.74 Å². The Balaban J connectivity index is 2.39. The van der Waals surface area contributed by atoms with Crippen LogP contribution in [0.15, 0.2) is 40.1 Å². The second-order valence-corrected chi connectivity index (χ2v) is 4.32.